The lowest BCUT2D eigenvalue weighted by Gasteiger charge is -2.33. The Morgan fingerprint density at radius 2 is 1.64 bits per heavy atom. The van der Waals surface area contributed by atoms with Crippen molar-refractivity contribution < 1.29 is 40.3 Å². The van der Waals surface area contributed by atoms with Gasteiger partial charge in [-0.25, -0.2) is 27.1 Å². The van der Waals surface area contributed by atoms with Crippen molar-refractivity contribution in [2.75, 3.05) is 0 Å². The lowest BCUT2D eigenvalue weighted by atomic mass is 9.78. The number of hydrogen-bond acceptors (Lipinski definition) is 4. The smallest absolute Gasteiger partial charge is 0.349 e. The number of alkyl halides is 7. The van der Waals surface area contributed by atoms with E-state index < -0.39 is 72.0 Å². The summed E-state index contributed by atoms with van der Waals surface area (Å²) in [6.07, 6.45) is -1.27. The first-order valence-electron chi connectivity index (χ1n) is 14.5. The molecule has 7 nitrogen and oxygen atoms in total. The highest BCUT2D eigenvalue weighted by Gasteiger charge is 2.84. The molecule has 2 amide bonds. The molecule has 4 aliphatic carbocycles. The Bertz CT molecular complexity index is 1360. The second-order valence-corrected chi connectivity index (χ2v) is 12.5. The van der Waals surface area contributed by atoms with Crippen molar-refractivity contribution in [1.29, 1.82) is 0 Å². The van der Waals surface area contributed by atoms with Crippen LogP contribution in [-0.4, -0.2) is 44.4 Å². The van der Waals surface area contributed by atoms with Gasteiger partial charge in [0, 0.05) is 19.3 Å². The van der Waals surface area contributed by atoms with Crippen molar-refractivity contribution in [3.8, 4) is 0 Å². The van der Waals surface area contributed by atoms with Crippen LogP contribution in [0.15, 0.2) is 18.5 Å². The van der Waals surface area contributed by atoms with E-state index in [-0.39, 0.29) is 44.4 Å². The van der Waals surface area contributed by atoms with Crippen LogP contribution in [0, 0.1) is 23.2 Å². The molecule has 6 rings (SSSR count). The molecule has 1 spiro atoms. The molecule has 4 aliphatic rings. The Balaban J connectivity index is 1.24. The molecule has 14 heteroatoms. The Labute approximate surface area is 237 Å². The van der Waals surface area contributed by atoms with Gasteiger partial charge >= 0.3 is 6.18 Å². The Hall–Kier alpha value is -2.93. The minimum absolute atomic E-state index is 0.0356. The van der Waals surface area contributed by atoms with Crippen LogP contribution in [0.3, 0.4) is 0 Å². The van der Waals surface area contributed by atoms with Gasteiger partial charge in [0.15, 0.2) is 5.65 Å². The molecule has 2 heterocycles. The molecule has 0 aromatic carbocycles. The normalized spacial score (nSPS) is 25.9. The molecule has 3 atom stereocenters. The number of nitrogens with zero attached hydrogens (tertiary/aromatic N) is 3. The van der Waals surface area contributed by atoms with Crippen molar-refractivity contribution in [2.24, 2.45) is 23.2 Å². The van der Waals surface area contributed by atoms with Gasteiger partial charge in [0.25, 0.3) is 5.92 Å². The molecular weight excluding hydrogens is 571 g/mol. The first kappa shape index (κ1) is 29.2. The third-order valence-corrected chi connectivity index (χ3v) is 9.62. The molecule has 230 valence electrons. The summed E-state index contributed by atoms with van der Waals surface area (Å²) in [4.78, 5) is 30.0. The Morgan fingerprint density at radius 3 is 2.21 bits per heavy atom. The summed E-state index contributed by atoms with van der Waals surface area (Å²) in [5.74, 6) is -9.33. The lowest BCUT2D eigenvalue weighted by molar-refractivity contribution is -0.144. The van der Waals surface area contributed by atoms with Crippen LogP contribution in [0.2, 0.25) is 0 Å². The van der Waals surface area contributed by atoms with Gasteiger partial charge in [-0.15, -0.1) is 0 Å². The van der Waals surface area contributed by atoms with Crippen molar-refractivity contribution in [3.05, 3.63) is 29.7 Å². The lowest BCUT2D eigenvalue weighted by Crippen LogP contribution is -2.39. The summed E-state index contributed by atoms with van der Waals surface area (Å²) in [6, 6.07) is 0.194. The summed E-state index contributed by atoms with van der Waals surface area (Å²) in [7, 11) is 0. The van der Waals surface area contributed by atoms with E-state index in [2.05, 4.69) is 20.7 Å². The molecular formula is C28H32F7N5O2. The number of rotatable bonds is 9. The van der Waals surface area contributed by atoms with E-state index in [0.717, 1.165) is 12.8 Å². The van der Waals surface area contributed by atoms with E-state index in [0.29, 0.717) is 23.3 Å². The topological polar surface area (TPSA) is 88.4 Å². The average Bonchev–Trinajstić information content (AvgIpc) is 3.76. The fourth-order valence-electron chi connectivity index (χ4n) is 6.80. The first-order chi connectivity index (χ1) is 19.7. The van der Waals surface area contributed by atoms with Gasteiger partial charge in [-0.1, -0.05) is 6.42 Å². The monoisotopic (exact) mass is 603 g/mol. The van der Waals surface area contributed by atoms with Crippen LogP contribution in [-0.2, 0) is 9.59 Å². The summed E-state index contributed by atoms with van der Waals surface area (Å²) in [6.45, 7) is 0. The molecule has 0 bridgehead atoms. The summed E-state index contributed by atoms with van der Waals surface area (Å²) in [5, 5.41) is 9.75. The third-order valence-electron chi connectivity index (χ3n) is 9.62. The molecule has 0 aliphatic heterocycles. The van der Waals surface area contributed by atoms with E-state index in [1.54, 1.807) is 6.07 Å². The summed E-state index contributed by atoms with van der Waals surface area (Å²) in [5.41, 5.74) is -0.152. The van der Waals surface area contributed by atoms with Gasteiger partial charge in [-0.05, 0) is 62.0 Å². The highest BCUT2D eigenvalue weighted by Crippen LogP contribution is 2.75. The number of carbonyl (C=O) groups excluding carboxylic acids is 2. The number of fused-ring (bicyclic) bond motifs is 1. The van der Waals surface area contributed by atoms with Gasteiger partial charge in [-0.3, -0.25) is 9.59 Å². The van der Waals surface area contributed by atoms with Crippen molar-refractivity contribution in [3.63, 3.8) is 0 Å². The van der Waals surface area contributed by atoms with E-state index in [4.69, 9.17) is 0 Å². The molecule has 2 N–H and O–H groups in total. The van der Waals surface area contributed by atoms with Gasteiger partial charge in [0.1, 0.15) is 5.92 Å². The molecule has 42 heavy (non-hydrogen) atoms. The van der Waals surface area contributed by atoms with Crippen molar-refractivity contribution in [1.82, 2.24) is 25.2 Å². The van der Waals surface area contributed by atoms with E-state index >= 15 is 0 Å². The number of imidazole rings is 1. The maximum atomic E-state index is 14.6. The predicted molar refractivity (Wildman–Crippen MR) is 134 cm³/mol. The number of halogens is 7. The van der Waals surface area contributed by atoms with Crippen LogP contribution >= 0.6 is 0 Å². The van der Waals surface area contributed by atoms with Gasteiger partial charge in [0.2, 0.25) is 17.7 Å². The second kappa shape index (κ2) is 10.1. The van der Waals surface area contributed by atoms with Gasteiger partial charge < -0.3 is 10.6 Å². The zero-order chi connectivity index (χ0) is 30.1. The van der Waals surface area contributed by atoms with Crippen LogP contribution in [0.5, 0.6) is 0 Å². The van der Waals surface area contributed by atoms with E-state index in [1.807, 2.05) is 0 Å². The highest BCUT2D eigenvalue weighted by atomic mass is 19.4. The summed E-state index contributed by atoms with van der Waals surface area (Å²) >= 11 is 0. The number of carbonyl (C=O) groups is 2. The number of aromatic nitrogens is 3. The van der Waals surface area contributed by atoms with Crippen molar-refractivity contribution in [2.45, 2.75) is 101 Å². The van der Waals surface area contributed by atoms with E-state index in [1.165, 1.54) is 16.9 Å². The SMILES string of the molecule is O=C(CCC(F)(F)F)N[C@@H](c1cnn2cc([C@@H](NC(=O)[C@H]3C(F)(F)C34CCC4)C3CCC(F)(F)CC3)nc2c1)C1CC1. The zero-order valence-corrected chi connectivity index (χ0v) is 22.7. The standard InChI is InChI=1S/C28H32F7N5O2/c29-26(30)9-4-16(5-10-26)22(39-24(42)23-25(7-1-8-25)28(23,34)35)18-14-40-19(37-18)12-17(13-36-40)21(15-2-3-15)38-20(41)6-11-27(31,32)33/h12-16,21-23H,1-11H2,(H,38,41)(H,39,42)/t21-,22+,23-/m1/s1. The zero-order valence-electron chi connectivity index (χ0n) is 22.7. The van der Waals surface area contributed by atoms with Gasteiger partial charge in [-0.2, -0.15) is 18.3 Å². The molecule has 0 radical (unpaired) electrons. The van der Waals surface area contributed by atoms with Crippen LogP contribution in [0.1, 0.15) is 94.0 Å². The van der Waals surface area contributed by atoms with Crippen LogP contribution in [0.25, 0.3) is 5.65 Å². The Morgan fingerprint density at radius 1 is 0.976 bits per heavy atom. The summed E-state index contributed by atoms with van der Waals surface area (Å²) < 4.78 is 96.3. The number of amides is 2. The maximum absolute atomic E-state index is 14.6. The molecule has 0 unspecified atom stereocenters. The first-order valence-corrected chi connectivity index (χ1v) is 14.5. The predicted octanol–water partition coefficient (Wildman–Crippen LogP) is 6.06. The fourth-order valence-corrected chi connectivity index (χ4v) is 6.80. The number of nitrogens with one attached hydrogen (secondary N) is 2. The average molecular weight is 604 g/mol. The fraction of sp³-hybridized carbons (Fsp3) is 0.714. The van der Waals surface area contributed by atoms with Crippen LogP contribution < -0.4 is 10.6 Å². The van der Waals surface area contributed by atoms with Crippen molar-refractivity contribution >= 4 is 17.5 Å². The third kappa shape index (κ3) is 5.45. The molecule has 2 aromatic rings. The quantitative estimate of drug-likeness (QED) is 0.342. The molecule has 0 saturated heterocycles. The number of hydrogen-bond donors (Lipinski definition) is 2. The van der Waals surface area contributed by atoms with Crippen LogP contribution in [0.4, 0.5) is 30.7 Å². The Kier molecular flexibility index (Phi) is 6.99. The minimum atomic E-state index is -4.45. The maximum Gasteiger partial charge on any atom is 0.389 e. The minimum Gasteiger partial charge on any atom is -0.349 e. The molecule has 2 aromatic heterocycles. The highest BCUT2D eigenvalue weighted by molar-refractivity contribution is 5.85. The second-order valence-electron chi connectivity index (χ2n) is 12.5. The molecule has 4 fully saturated rings. The largest absolute Gasteiger partial charge is 0.389 e. The van der Waals surface area contributed by atoms with E-state index in [9.17, 15) is 40.3 Å². The molecule has 4 saturated carbocycles. The van der Waals surface area contributed by atoms with Gasteiger partial charge in [0.05, 0.1) is 42.0 Å².